The van der Waals surface area contributed by atoms with Gasteiger partial charge in [-0.25, -0.2) is 14.4 Å². The van der Waals surface area contributed by atoms with Crippen LogP contribution in [0, 0.1) is 0 Å². The molecule has 2 amide bonds. The lowest BCUT2D eigenvalue weighted by atomic mass is 9.86. The van der Waals surface area contributed by atoms with Crippen LogP contribution in [-0.4, -0.2) is 93.1 Å². The number of Topliss-reactive ketones (excluding diaryl/α,β-unsaturated/α-hetero) is 3. The first kappa shape index (κ1) is 58.8. The van der Waals surface area contributed by atoms with E-state index in [1.54, 1.807) is 68.4 Å². The Bertz CT molecular complexity index is 3490. The number of esters is 2. The van der Waals surface area contributed by atoms with Gasteiger partial charge < -0.3 is 36.1 Å². The van der Waals surface area contributed by atoms with Crippen molar-refractivity contribution in [2.75, 3.05) is 13.2 Å². The average Bonchev–Trinajstić information content (AvgIpc) is 4.42. The van der Waals surface area contributed by atoms with Crippen LogP contribution < -0.4 is 16.4 Å². The van der Waals surface area contributed by atoms with Gasteiger partial charge in [0.1, 0.15) is 16.6 Å². The Morgan fingerprint density at radius 3 is 1.12 bits per heavy atom. The number of carboxylic acid groups (broad SMARTS) is 2. The zero-order valence-corrected chi connectivity index (χ0v) is 46.6. The summed E-state index contributed by atoms with van der Waals surface area (Å²) in [5.41, 5.74) is 14.2. The summed E-state index contributed by atoms with van der Waals surface area (Å²) in [4.78, 5) is 109. The molecular weight excluding hydrogens is 1050 g/mol. The molecule has 6 N–H and O–H groups in total. The highest BCUT2D eigenvalue weighted by atomic mass is 16.5. The van der Waals surface area contributed by atoms with Gasteiger partial charge in [-0.3, -0.25) is 28.8 Å². The van der Waals surface area contributed by atoms with Crippen LogP contribution in [0.5, 0.6) is 0 Å². The fourth-order valence-corrected chi connectivity index (χ4v) is 12.4. The van der Waals surface area contributed by atoms with Crippen molar-refractivity contribution in [3.8, 4) is 0 Å². The molecule has 0 bridgehead atoms. The predicted molar refractivity (Wildman–Crippen MR) is 308 cm³/mol. The number of aliphatic carboxylic acids is 1. The molecule has 0 radical (unpaired) electrons. The number of aromatic carboxylic acids is 1. The molecule has 6 aromatic carbocycles. The molecule has 0 saturated carbocycles. The largest absolute Gasteiger partial charge is 0.479 e. The van der Waals surface area contributed by atoms with Gasteiger partial charge in [0, 0.05) is 85.6 Å². The summed E-state index contributed by atoms with van der Waals surface area (Å²) < 4.78 is 10.3. The molecule has 0 heterocycles. The lowest BCUT2D eigenvalue weighted by Gasteiger charge is -2.29. The maximum atomic E-state index is 13.2. The van der Waals surface area contributed by atoms with E-state index in [1.807, 2.05) is 72.8 Å². The van der Waals surface area contributed by atoms with E-state index in [1.165, 1.54) is 0 Å². The molecule has 0 fully saturated rings. The number of carboxylic acids is 2. The van der Waals surface area contributed by atoms with E-state index in [4.69, 9.17) is 20.3 Å². The number of carbonyl (C=O) groups excluding carboxylic acids is 7. The normalized spacial score (nSPS) is 16.7. The van der Waals surface area contributed by atoms with Gasteiger partial charge in [0.05, 0.1) is 18.8 Å². The van der Waals surface area contributed by atoms with Gasteiger partial charge in [0.15, 0.2) is 17.3 Å². The third-order valence-electron chi connectivity index (χ3n) is 16.4. The van der Waals surface area contributed by atoms with Gasteiger partial charge >= 0.3 is 23.9 Å². The standard InChI is InChI=1S/C23H23NO4.C21H19NO4.C12H15NO2.C11H10O3/c1-2-28-22(27)23(13-15-7-3-4-8-16(15)14-23)24-21(26)19-11-5-10-18-17(19)9-6-12-20(18)25;23-18-10-4-7-15-16(18)8-3-9-17(15)19(24)22-21(20(25)26)11-13-5-1-2-6-14(13)12-21;1-2-15-11(14)12(13)7-9-5-3-4-6-10(9)8-12;12-10-6-2-3-7-8(10)4-1-5-9(7)11(13)14/h3-5,7-8,10-11H,2,6,9,12-14H2,1H3,(H,24,26);1-3,5-6,8-9H,4,7,10-12H2,(H,22,24)(H,25,26);3-6H,2,7-8,13H2,1H3;1,4-5H,2-3,6H2,(H,13,14). The van der Waals surface area contributed by atoms with E-state index in [-0.39, 0.29) is 54.2 Å². The van der Waals surface area contributed by atoms with Crippen molar-refractivity contribution in [3.05, 3.63) is 211 Å². The van der Waals surface area contributed by atoms with E-state index in [9.17, 15) is 48.3 Å². The van der Waals surface area contributed by atoms with Crippen molar-refractivity contribution in [1.82, 2.24) is 10.6 Å². The number of rotatable bonds is 10. The van der Waals surface area contributed by atoms with Crippen LogP contribution in [0.3, 0.4) is 0 Å². The zero-order chi connectivity index (χ0) is 59.1. The molecule has 83 heavy (non-hydrogen) atoms. The fraction of sp³-hybridized carbons (Fsp3) is 0.328. The maximum absolute atomic E-state index is 13.2. The molecule has 6 aliphatic rings. The minimum absolute atomic E-state index is 0.0436. The molecule has 16 nitrogen and oxygen atoms in total. The Hall–Kier alpha value is -8.89. The second-order valence-corrected chi connectivity index (χ2v) is 22.0. The highest BCUT2D eigenvalue weighted by Crippen LogP contribution is 2.35. The fourth-order valence-electron chi connectivity index (χ4n) is 12.4. The van der Waals surface area contributed by atoms with Gasteiger partial charge in [-0.05, 0) is 121 Å². The molecule has 0 saturated heterocycles. The van der Waals surface area contributed by atoms with E-state index in [2.05, 4.69) is 10.6 Å². The van der Waals surface area contributed by atoms with Gasteiger partial charge in [0.2, 0.25) is 0 Å². The van der Waals surface area contributed by atoms with E-state index in [0.29, 0.717) is 111 Å². The Morgan fingerprint density at radius 1 is 0.434 bits per heavy atom. The molecule has 6 aromatic rings. The summed E-state index contributed by atoms with van der Waals surface area (Å²) >= 11 is 0. The van der Waals surface area contributed by atoms with Crippen molar-refractivity contribution in [1.29, 1.82) is 0 Å². The molecule has 0 aromatic heterocycles. The van der Waals surface area contributed by atoms with Crippen molar-refractivity contribution < 1.29 is 62.8 Å². The number of nitrogens with one attached hydrogen (secondary N) is 2. The van der Waals surface area contributed by atoms with Crippen molar-refractivity contribution in [2.45, 2.75) is 127 Å². The van der Waals surface area contributed by atoms with E-state index >= 15 is 0 Å². The lowest BCUT2D eigenvalue weighted by Crippen LogP contribution is -2.56. The Balaban J connectivity index is 0.000000139. The number of carbonyl (C=O) groups is 9. The molecular formula is C67H67N3O13. The number of ether oxygens (including phenoxy) is 2. The SMILES string of the molecule is CCOC(=O)C1(N)Cc2ccccc2C1.CCOC(=O)C1(NC(=O)c2cccc3c2CCCC3=O)Cc2ccccc2C1.O=C(O)c1cccc2c1CCCC2=O.O=C1CCCc2c1cccc2C(=O)NC1(C(=O)O)Cc2ccccc2C1. The van der Waals surface area contributed by atoms with Crippen molar-refractivity contribution in [3.63, 3.8) is 0 Å². The highest BCUT2D eigenvalue weighted by molar-refractivity contribution is 6.07. The maximum Gasteiger partial charge on any atom is 0.335 e. The van der Waals surface area contributed by atoms with Gasteiger partial charge in [-0.2, -0.15) is 0 Å². The monoisotopic (exact) mass is 1120 g/mol. The summed E-state index contributed by atoms with van der Waals surface area (Å²) in [5.74, 6) is -3.26. The molecule has 6 aliphatic carbocycles. The number of nitrogens with two attached hydrogens (primary N) is 1. The molecule has 428 valence electrons. The Labute approximate surface area is 481 Å². The van der Waals surface area contributed by atoms with Crippen LogP contribution in [-0.2, 0) is 81.6 Å². The van der Waals surface area contributed by atoms with Crippen LogP contribution in [0.1, 0.15) is 165 Å². The second kappa shape index (κ2) is 25.1. The minimum Gasteiger partial charge on any atom is -0.479 e. The number of fused-ring (bicyclic) bond motifs is 6. The number of hydrogen-bond acceptors (Lipinski definition) is 12. The van der Waals surface area contributed by atoms with Crippen LogP contribution in [0.2, 0.25) is 0 Å². The van der Waals surface area contributed by atoms with E-state index in [0.717, 1.165) is 57.3 Å². The van der Waals surface area contributed by atoms with Crippen molar-refractivity contribution in [2.24, 2.45) is 5.73 Å². The molecule has 0 unspecified atom stereocenters. The quantitative estimate of drug-likeness (QED) is 0.0805. The minimum atomic E-state index is -1.35. The zero-order valence-electron chi connectivity index (χ0n) is 46.6. The van der Waals surface area contributed by atoms with E-state index < -0.39 is 40.4 Å². The van der Waals surface area contributed by atoms with Gasteiger partial charge in [-0.15, -0.1) is 0 Å². The summed E-state index contributed by atoms with van der Waals surface area (Å²) in [6.07, 6.45) is 8.31. The topological polar surface area (TPSA) is 263 Å². The molecule has 16 heteroatoms. The first-order valence-corrected chi connectivity index (χ1v) is 28.3. The Morgan fingerprint density at radius 2 is 0.759 bits per heavy atom. The van der Waals surface area contributed by atoms with Crippen LogP contribution in [0.15, 0.2) is 127 Å². The number of amides is 2. The molecule has 0 spiro atoms. The van der Waals surface area contributed by atoms with Crippen LogP contribution >= 0.6 is 0 Å². The van der Waals surface area contributed by atoms with Crippen LogP contribution in [0.25, 0.3) is 0 Å². The first-order chi connectivity index (χ1) is 39.9. The number of hydrogen-bond donors (Lipinski definition) is 5. The molecule has 12 rings (SSSR count). The summed E-state index contributed by atoms with van der Waals surface area (Å²) in [6, 6.07) is 38.6. The lowest BCUT2D eigenvalue weighted by molar-refractivity contribution is -0.150. The molecule has 0 aliphatic heterocycles. The predicted octanol–water partition coefficient (Wildman–Crippen LogP) is 8.54. The smallest absolute Gasteiger partial charge is 0.335 e. The van der Waals surface area contributed by atoms with Gasteiger partial charge in [0.25, 0.3) is 11.8 Å². The highest BCUT2D eigenvalue weighted by Gasteiger charge is 2.48. The third-order valence-corrected chi connectivity index (χ3v) is 16.4. The first-order valence-electron chi connectivity index (χ1n) is 28.3. The Kier molecular flexibility index (Phi) is 17.8. The molecule has 0 atom stereocenters. The summed E-state index contributed by atoms with van der Waals surface area (Å²) in [5, 5.41) is 24.5. The number of ketones is 3. The van der Waals surface area contributed by atoms with Gasteiger partial charge in [-0.1, -0.05) is 109 Å². The van der Waals surface area contributed by atoms with Crippen molar-refractivity contribution >= 4 is 53.0 Å². The summed E-state index contributed by atoms with van der Waals surface area (Å²) in [6.45, 7) is 4.19. The average molecular weight is 1120 g/mol. The summed E-state index contributed by atoms with van der Waals surface area (Å²) in [7, 11) is 0. The third kappa shape index (κ3) is 12.5. The number of benzene rings is 6. The van der Waals surface area contributed by atoms with Crippen LogP contribution in [0.4, 0.5) is 0 Å². The second-order valence-electron chi connectivity index (χ2n) is 22.0.